The van der Waals surface area contributed by atoms with Crippen LogP contribution in [0.5, 0.6) is 0 Å². The zero-order chi connectivity index (χ0) is 20.8. The Labute approximate surface area is 172 Å². The van der Waals surface area contributed by atoms with Crippen molar-refractivity contribution in [3.8, 4) is 0 Å². The van der Waals surface area contributed by atoms with E-state index in [9.17, 15) is 9.59 Å². The minimum Gasteiger partial charge on any atom is -0.453 e. The number of rotatable bonds is 7. The summed E-state index contributed by atoms with van der Waals surface area (Å²) in [6.45, 7) is 1.99. The molecule has 0 radical (unpaired) electrons. The third kappa shape index (κ3) is 5.00. The SMILES string of the molecule is CCCSc1ccc2c(c1)nc(NC(=O)OC)n2COC(=O)c1ccc(N)cc1. The van der Waals surface area contributed by atoms with E-state index in [4.69, 9.17) is 10.5 Å². The highest BCUT2D eigenvalue weighted by atomic mass is 32.2. The topological polar surface area (TPSA) is 108 Å². The summed E-state index contributed by atoms with van der Waals surface area (Å²) in [5.41, 5.74) is 7.99. The average molecular weight is 414 g/mol. The molecule has 1 heterocycles. The van der Waals surface area contributed by atoms with Crippen molar-refractivity contribution in [1.29, 1.82) is 0 Å². The first kappa shape index (κ1) is 20.5. The normalized spacial score (nSPS) is 10.7. The number of nitrogen functional groups attached to an aromatic ring is 1. The summed E-state index contributed by atoms with van der Waals surface area (Å²) < 4.78 is 11.7. The van der Waals surface area contributed by atoms with Crippen LogP contribution in [0, 0.1) is 0 Å². The van der Waals surface area contributed by atoms with Gasteiger partial charge in [-0.25, -0.2) is 14.6 Å². The maximum atomic E-state index is 12.3. The van der Waals surface area contributed by atoms with Crippen molar-refractivity contribution in [3.63, 3.8) is 0 Å². The molecule has 29 heavy (non-hydrogen) atoms. The van der Waals surface area contributed by atoms with E-state index in [1.54, 1.807) is 40.6 Å². The minimum atomic E-state index is -0.660. The third-order valence-corrected chi connectivity index (χ3v) is 5.26. The maximum Gasteiger partial charge on any atom is 0.413 e. The van der Waals surface area contributed by atoms with Crippen molar-refractivity contribution in [3.05, 3.63) is 48.0 Å². The summed E-state index contributed by atoms with van der Waals surface area (Å²) >= 11 is 1.73. The highest BCUT2D eigenvalue weighted by Gasteiger charge is 2.16. The Morgan fingerprint density at radius 1 is 1.21 bits per heavy atom. The van der Waals surface area contributed by atoms with E-state index in [0.717, 1.165) is 22.6 Å². The number of amides is 1. The average Bonchev–Trinajstić information content (AvgIpc) is 3.06. The molecular weight excluding hydrogens is 392 g/mol. The molecule has 0 unspecified atom stereocenters. The molecule has 1 aromatic heterocycles. The lowest BCUT2D eigenvalue weighted by Gasteiger charge is -2.11. The molecule has 9 heteroatoms. The Hall–Kier alpha value is -3.20. The number of nitrogens with one attached hydrogen (secondary N) is 1. The highest BCUT2D eigenvalue weighted by molar-refractivity contribution is 7.99. The number of nitrogens with two attached hydrogens (primary N) is 1. The minimum absolute atomic E-state index is 0.125. The first-order chi connectivity index (χ1) is 14.0. The van der Waals surface area contributed by atoms with Gasteiger partial charge in [-0.05, 0) is 54.6 Å². The van der Waals surface area contributed by atoms with Crippen molar-refractivity contribution in [2.24, 2.45) is 0 Å². The molecule has 8 nitrogen and oxygen atoms in total. The quantitative estimate of drug-likeness (QED) is 0.340. The van der Waals surface area contributed by atoms with Gasteiger partial charge in [0.1, 0.15) is 0 Å². The number of fused-ring (bicyclic) bond motifs is 1. The van der Waals surface area contributed by atoms with Crippen LogP contribution in [0.15, 0.2) is 47.4 Å². The lowest BCUT2D eigenvalue weighted by molar-refractivity contribution is 0.0382. The molecular formula is C20H22N4O4S. The summed E-state index contributed by atoms with van der Waals surface area (Å²) in [6.07, 6.45) is 0.403. The number of imidazole rings is 1. The number of esters is 1. The van der Waals surface area contributed by atoms with E-state index in [-0.39, 0.29) is 12.7 Å². The second-order valence-corrected chi connectivity index (χ2v) is 7.33. The molecule has 2 aromatic carbocycles. The number of thioether (sulfide) groups is 1. The van der Waals surface area contributed by atoms with Gasteiger partial charge in [0.2, 0.25) is 5.95 Å². The zero-order valence-corrected chi connectivity index (χ0v) is 17.0. The third-order valence-electron chi connectivity index (χ3n) is 4.06. The predicted molar refractivity (Wildman–Crippen MR) is 113 cm³/mol. The number of anilines is 2. The molecule has 0 fully saturated rings. The summed E-state index contributed by atoms with van der Waals surface area (Å²) in [7, 11) is 1.27. The van der Waals surface area contributed by atoms with E-state index < -0.39 is 12.1 Å². The van der Waals surface area contributed by atoms with Gasteiger partial charge in [0.25, 0.3) is 0 Å². The van der Waals surface area contributed by atoms with Crippen LogP contribution in [0.4, 0.5) is 16.4 Å². The van der Waals surface area contributed by atoms with Crippen molar-refractivity contribution in [2.45, 2.75) is 25.0 Å². The molecule has 0 atom stereocenters. The van der Waals surface area contributed by atoms with Crippen LogP contribution < -0.4 is 11.1 Å². The number of methoxy groups -OCH3 is 1. The predicted octanol–water partition coefficient (Wildman–Crippen LogP) is 4.11. The van der Waals surface area contributed by atoms with Crippen LogP contribution in [0.2, 0.25) is 0 Å². The van der Waals surface area contributed by atoms with Gasteiger partial charge in [0.15, 0.2) is 6.73 Å². The second-order valence-electron chi connectivity index (χ2n) is 6.16. The molecule has 3 N–H and O–H groups in total. The molecule has 152 valence electrons. The Bertz CT molecular complexity index is 1020. The van der Waals surface area contributed by atoms with Gasteiger partial charge in [-0.2, -0.15) is 0 Å². The molecule has 0 bridgehead atoms. The smallest absolute Gasteiger partial charge is 0.413 e. The van der Waals surface area contributed by atoms with Crippen LogP contribution >= 0.6 is 11.8 Å². The monoisotopic (exact) mass is 414 g/mol. The van der Waals surface area contributed by atoms with Crippen LogP contribution in [-0.4, -0.2) is 34.5 Å². The van der Waals surface area contributed by atoms with Gasteiger partial charge in [0, 0.05) is 10.6 Å². The molecule has 3 aromatic rings. The number of ether oxygens (including phenoxy) is 2. The summed E-state index contributed by atoms with van der Waals surface area (Å²) in [5, 5.41) is 2.56. The van der Waals surface area contributed by atoms with Crippen molar-refractivity contribution >= 4 is 46.5 Å². The Kier molecular flexibility index (Phi) is 6.61. The number of aromatic nitrogens is 2. The molecule has 0 saturated heterocycles. The van der Waals surface area contributed by atoms with Crippen LogP contribution in [0.3, 0.4) is 0 Å². The largest absolute Gasteiger partial charge is 0.453 e. The molecule has 0 aliphatic rings. The molecule has 0 aliphatic carbocycles. The number of hydrogen-bond donors (Lipinski definition) is 2. The van der Waals surface area contributed by atoms with Crippen molar-refractivity contribution in [1.82, 2.24) is 9.55 Å². The first-order valence-corrected chi connectivity index (χ1v) is 10.0. The van der Waals surface area contributed by atoms with E-state index in [0.29, 0.717) is 16.8 Å². The standard InChI is InChI=1S/C20H22N4O4S/c1-3-10-29-15-8-9-17-16(11-15)22-19(23-20(26)27-2)24(17)12-28-18(25)13-4-6-14(21)7-5-13/h4-9,11H,3,10,12,21H2,1-2H3,(H,22,23,26). The number of hydrogen-bond acceptors (Lipinski definition) is 7. The van der Waals surface area contributed by atoms with Gasteiger partial charge in [-0.3, -0.25) is 9.88 Å². The number of carbonyl (C=O) groups excluding carboxylic acids is 2. The molecule has 0 spiro atoms. The number of carbonyl (C=O) groups is 2. The van der Waals surface area contributed by atoms with Gasteiger partial charge in [-0.15, -0.1) is 11.8 Å². The van der Waals surface area contributed by atoms with Crippen LogP contribution in [0.25, 0.3) is 11.0 Å². The number of nitrogens with zero attached hydrogens (tertiary/aromatic N) is 2. The van der Waals surface area contributed by atoms with Crippen molar-refractivity contribution in [2.75, 3.05) is 23.9 Å². The van der Waals surface area contributed by atoms with E-state index in [1.165, 1.54) is 7.11 Å². The lowest BCUT2D eigenvalue weighted by atomic mass is 10.2. The first-order valence-electron chi connectivity index (χ1n) is 9.02. The molecule has 0 saturated carbocycles. The second kappa shape index (κ2) is 9.33. The van der Waals surface area contributed by atoms with Crippen LogP contribution in [-0.2, 0) is 16.2 Å². The zero-order valence-electron chi connectivity index (χ0n) is 16.2. The Balaban J connectivity index is 1.86. The highest BCUT2D eigenvalue weighted by Crippen LogP contribution is 2.26. The van der Waals surface area contributed by atoms with Gasteiger partial charge < -0.3 is 15.2 Å². The van der Waals surface area contributed by atoms with Gasteiger partial charge in [0.05, 0.1) is 23.7 Å². The van der Waals surface area contributed by atoms with Crippen LogP contribution in [0.1, 0.15) is 23.7 Å². The van der Waals surface area contributed by atoms with Crippen molar-refractivity contribution < 1.29 is 19.1 Å². The fourth-order valence-electron chi connectivity index (χ4n) is 2.61. The Morgan fingerprint density at radius 3 is 2.66 bits per heavy atom. The lowest BCUT2D eigenvalue weighted by Crippen LogP contribution is -2.17. The summed E-state index contributed by atoms with van der Waals surface area (Å²) in [6, 6.07) is 12.2. The van der Waals surface area contributed by atoms with E-state index >= 15 is 0 Å². The fourth-order valence-corrected chi connectivity index (χ4v) is 3.41. The fraction of sp³-hybridized carbons (Fsp3) is 0.250. The molecule has 3 rings (SSSR count). The number of benzene rings is 2. The maximum absolute atomic E-state index is 12.3. The Morgan fingerprint density at radius 2 is 1.97 bits per heavy atom. The van der Waals surface area contributed by atoms with Gasteiger partial charge >= 0.3 is 12.1 Å². The molecule has 0 aliphatic heterocycles. The van der Waals surface area contributed by atoms with E-state index in [1.807, 2.05) is 18.2 Å². The van der Waals surface area contributed by atoms with E-state index in [2.05, 4.69) is 22.0 Å². The summed E-state index contributed by atoms with van der Waals surface area (Å²) in [5.74, 6) is 0.721. The van der Waals surface area contributed by atoms with Gasteiger partial charge in [-0.1, -0.05) is 6.92 Å². The molecule has 1 amide bonds. The summed E-state index contributed by atoms with van der Waals surface area (Å²) in [4.78, 5) is 29.6.